The summed E-state index contributed by atoms with van der Waals surface area (Å²) in [6.07, 6.45) is 7.45. The molecule has 0 radical (unpaired) electrons. The molecule has 0 saturated heterocycles. The Kier molecular flexibility index (Phi) is 2.63. The molecule has 18 heavy (non-hydrogen) atoms. The average molecular weight is 238 g/mol. The molecule has 0 aliphatic heterocycles. The van der Waals surface area contributed by atoms with Crippen molar-refractivity contribution >= 4 is 11.4 Å². The van der Waals surface area contributed by atoms with Gasteiger partial charge in [-0.15, -0.1) is 0 Å². The molecule has 0 amide bonds. The first-order valence-electron chi connectivity index (χ1n) is 6.09. The number of ether oxygens (including phenoxy) is 1. The van der Waals surface area contributed by atoms with Crippen molar-refractivity contribution in [3.05, 3.63) is 59.2 Å². The van der Waals surface area contributed by atoms with Crippen molar-refractivity contribution in [2.24, 2.45) is 0 Å². The van der Waals surface area contributed by atoms with Gasteiger partial charge in [-0.1, -0.05) is 24.3 Å². The van der Waals surface area contributed by atoms with E-state index >= 15 is 0 Å². The van der Waals surface area contributed by atoms with Gasteiger partial charge in [-0.3, -0.25) is 4.79 Å². The molecule has 0 atom stereocenters. The average Bonchev–Trinajstić information content (AvgIpc) is 2.84. The minimum absolute atomic E-state index is 0.135. The smallest absolute Gasteiger partial charge is 0.186 e. The van der Waals surface area contributed by atoms with Crippen molar-refractivity contribution in [3.8, 4) is 5.75 Å². The lowest BCUT2D eigenvalue weighted by atomic mass is 9.95. The molecule has 0 aromatic heterocycles. The number of hydrogen-bond acceptors (Lipinski definition) is 2. The van der Waals surface area contributed by atoms with Gasteiger partial charge in [0.05, 0.1) is 7.11 Å². The SMILES string of the molecule is COc1ccc(C2=C3C(=O)C=CC=C3CC2)cc1. The van der Waals surface area contributed by atoms with Crippen molar-refractivity contribution in [1.82, 2.24) is 0 Å². The minimum Gasteiger partial charge on any atom is -0.497 e. The van der Waals surface area contributed by atoms with E-state index in [1.54, 1.807) is 13.2 Å². The lowest BCUT2D eigenvalue weighted by Crippen LogP contribution is -2.03. The van der Waals surface area contributed by atoms with E-state index in [1.807, 2.05) is 36.4 Å². The molecule has 2 aliphatic carbocycles. The van der Waals surface area contributed by atoms with Gasteiger partial charge in [-0.05, 0) is 47.8 Å². The second kappa shape index (κ2) is 4.30. The van der Waals surface area contributed by atoms with Crippen LogP contribution in [0.5, 0.6) is 5.75 Å². The maximum atomic E-state index is 12.0. The second-order valence-electron chi connectivity index (χ2n) is 4.50. The number of rotatable bonds is 2. The van der Waals surface area contributed by atoms with E-state index in [9.17, 15) is 4.79 Å². The number of ketones is 1. The summed E-state index contributed by atoms with van der Waals surface area (Å²) in [5, 5.41) is 0. The van der Waals surface area contributed by atoms with Gasteiger partial charge < -0.3 is 4.74 Å². The largest absolute Gasteiger partial charge is 0.497 e. The summed E-state index contributed by atoms with van der Waals surface area (Å²) in [5.41, 5.74) is 4.37. The topological polar surface area (TPSA) is 26.3 Å². The number of allylic oxidation sites excluding steroid dienone is 6. The Bertz CT molecular complexity index is 586. The van der Waals surface area contributed by atoms with Gasteiger partial charge in [-0.25, -0.2) is 0 Å². The van der Waals surface area contributed by atoms with Gasteiger partial charge in [-0.2, -0.15) is 0 Å². The molecule has 0 unspecified atom stereocenters. The van der Waals surface area contributed by atoms with E-state index in [2.05, 4.69) is 0 Å². The van der Waals surface area contributed by atoms with E-state index in [0.717, 1.165) is 29.7 Å². The maximum absolute atomic E-state index is 12.0. The second-order valence-corrected chi connectivity index (χ2v) is 4.50. The summed E-state index contributed by atoms with van der Waals surface area (Å²) >= 11 is 0. The summed E-state index contributed by atoms with van der Waals surface area (Å²) in [4.78, 5) is 12.0. The Labute approximate surface area is 106 Å². The highest BCUT2D eigenvalue weighted by Crippen LogP contribution is 2.40. The third-order valence-electron chi connectivity index (χ3n) is 3.50. The number of benzene rings is 1. The highest BCUT2D eigenvalue weighted by Gasteiger charge is 2.26. The fraction of sp³-hybridized carbons (Fsp3) is 0.188. The van der Waals surface area contributed by atoms with E-state index < -0.39 is 0 Å². The minimum atomic E-state index is 0.135. The van der Waals surface area contributed by atoms with Crippen LogP contribution in [-0.2, 0) is 4.79 Å². The molecule has 0 spiro atoms. The molecule has 0 bridgehead atoms. The predicted octanol–water partition coefficient (Wildman–Crippen LogP) is 3.31. The summed E-state index contributed by atoms with van der Waals surface area (Å²) in [6.45, 7) is 0. The van der Waals surface area contributed by atoms with Gasteiger partial charge in [0.25, 0.3) is 0 Å². The van der Waals surface area contributed by atoms with Crippen LogP contribution < -0.4 is 4.74 Å². The lowest BCUT2D eigenvalue weighted by Gasteiger charge is -2.09. The highest BCUT2D eigenvalue weighted by atomic mass is 16.5. The molecule has 2 nitrogen and oxygen atoms in total. The van der Waals surface area contributed by atoms with Crippen molar-refractivity contribution < 1.29 is 9.53 Å². The maximum Gasteiger partial charge on any atom is 0.186 e. The lowest BCUT2D eigenvalue weighted by molar-refractivity contribution is -0.111. The van der Waals surface area contributed by atoms with Crippen molar-refractivity contribution in [3.63, 3.8) is 0 Å². The number of hydrogen-bond donors (Lipinski definition) is 0. The first kappa shape index (κ1) is 11.0. The number of methoxy groups -OCH3 is 1. The van der Waals surface area contributed by atoms with Crippen LogP contribution in [0.1, 0.15) is 18.4 Å². The van der Waals surface area contributed by atoms with Crippen molar-refractivity contribution in [1.29, 1.82) is 0 Å². The Balaban J connectivity index is 2.06. The fourth-order valence-electron chi connectivity index (χ4n) is 2.59. The van der Waals surface area contributed by atoms with E-state index in [-0.39, 0.29) is 5.78 Å². The van der Waals surface area contributed by atoms with Crippen molar-refractivity contribution in [2.45, 2.75) is 12.8 Å². The number of carbonyl (C=O) groups is 1. The molecular formula is C16H14O2. The zero-order valence-electron chi connectivity index (χ0n) is 10.3. The van der Waals surface area contributed by atoms with Gasteiger partial charge >= 0.3 is 0 Å². The van der Waals surface area contributed by atoms with Crippen LogP contribution in [0.3, 0.4) is 0 Å². The molecule has 1 aromatic rings. The predicted molar refractivity (Wildman–Crippen MR) is 71.4 cm³/mol. The number of carbonyl (C=O) groups excluding carboxylic acids is 1. The van der Waals surface area contributed by atoms with Gasteiger partial charge in [0, 0.05) is 5.57 Å². The van der Waals surface area contributed by atoms with Crippen LogP contribution in [0.2, 0.25) is 0 Å². The van der Waals surface area contributed by atoms with E-state index in [4.69, 9.17) is 4.74 Å². The van der Waals surface area contributed by atoms with E-state index in [1.165, 1.54) is 11.1 Å². The zero-order valence-corrected chi connectivity index (χ0v) is 10.3. The zero-order chi connectivity index (χ0) is 12.5. The Morgan fingerprint density at radius 3 is 2.61 bits per heavy atom. The molecule has 0 saturated carbocycles. The quantitative estimate of drug-likeness (QED) is 0.790. The van der Waals surface area contributed by atoms with Gasteiger partial charge in [0.1, 0.15) is 5.75 Å². The van der Waals surface area contributed by atoms with Crippen LogP contribution in [0.25, 0.3) is 5.57 Å². The molecule has 0 N–H and O–H groups in total. The molecule has 0 heterocycles. The molecule has 1 aromatic carbocycles. The van der Waals surface area contributed by atoms with Crippen molar-refractivity contribution in [2.75, 3.05) is 7.11 Å². The van der Waals surface area contributed by atoms with Crippen LogP contribution in [-0.4, -0.2) is 12.9 Å². The standard InChI is InChI=1S/C16H14O2/c1-18-13-8-5-11(6-9-13)14-10-7-12-3-2-4-15(17)16(12)14/h2-6,8-9H,7,10H2,1H3. The van der Waals surface area contributed by atoms with Gasteiger partial charge in [0.2, 0.25) is 0 Å². The first-order valence-corrected chi connectivity index (χ1v) is 6.09. The Morgan fingerprint density at radius 1 is 1.11 bits per heavy atom. The molecule has 2 aliphatic rings. The first-order chi connectivity index (χ1) is 8.79. The van der Waals surface area contributed by atoms with Gasteiger partial charge in [0.15, 0.2) is 5.78 Å². The highest BCUT2D eigenvalue weighted by molar-refractivity contribution is 6.15. The molecule has 2 heteroatoms. The third-order valence-corrected chi connectivity index (χ3v) is 3.50. The van der Waals surface area contributed by atoms with Crippen LogP contribution in [0.15, 0.2) is 53.6 Å². The number of fused-ring (bicyclic) bond motifs is 1. The summed E-state index contributed by atoms with van der Waals surface area (Å²) in [7, 11) is 1.66. The Morgan fingerprint density at radius 2 is 1.89 bits per heavy atom. The molecule has 3 rings (SSSR count). The monoisotopic (exact) mass is 238 g/mol. The normalized spacial score (nSPS) is 17.8. The fourth-order valence-corrected chi connectivity index (χ4v) is 2.59. The summed E-state index contributed by atoms with van der Waals surface area (Å²) in [6, 6.07) is 7.92. The van der Waals surface area contributed by atoms with Crippen LogP contribution in [0.4, 0.5) is 0 Å². The molecule has 0 fully saturated rings. The summed E-state index contributed by atoms with van der Waals surface area (Å²) < 4.78 is 5.15. The molecular weight excluding hydrogens is 224 g/mol. The van der Waals surface area contributed by atoms with Crippen LogP contribution >= 0.6 is 0 Å². The Hall–Kier alpha value is -2.09. The van der Waals surface area contributed by atoms with E-state index in [0.29, 0.717) is 0 Å². The summed E-state index contributed by atoms with van der Waals surface area (Å²) in [5.74, 6) is 0.976. The molecule has 90 valence electrons. The van der Waals surface area contributed by atoms with Crippen LogP contribution in [0, 0.1) is 0 Å². The third kappa shape index (κ3) is 1.70.